The molecule has 0 aromatic carbocycles. The van der Waals surface area contributed by atoms with Crippen LogP contribution in [-0.4, -0.2) is 27.5 Å². The zero-order chi connectivity index (χ0) is 15.2. The highest BCUT2D eigenvalue weighted by Gasteiger charge is 2.36. The van der Waals surface area contributed by atoms with Gasteiger partial charge in [-0.2, -0.15) is 0 Å². The highest BCUT2D eigenvalue weighted by molar-refractivity contribution is 6.74. The Labute approximate surface area is 125 Å². The molecule has 1 saturated heterocycles. The molecule has 0 saturated carbocycles. The second-order valence-electron chi connectivity index (χ2n) is 7.52. The van der Waals surface area contributed by atoms with Crippen molar-refractivity contribution in [3.8, 4) is 0 Å². The third-order valence-electron chi connectivity index (χ3n) is 4.82. The topological polar surface area (TPSA) is 35.5 Å². The fourth-order valence-corrected chi connectivity index (χ4v) is 3.33. The quantitative estimate of drug-likeness (QED) is 0.411. The number of hydrogen-bond donors (Lipinski definition) is 0. The van der Waals surface area contributed by atoms with Crippen LogP contribution in [0.1, 0.15) is 59.3 Å². The first-order valence-electron chi connectivity index (χ1n) is 8.02. The van der Waals surface area contributed by atoms with E-state index in [0.717, 1.165) is 25.9 Å². The van der Waals surface area contributed by atoms with Crippen LogP contribution in [0.4, 0.5) is 0 Å². The summed E-state index contributed by atoms with van der Waals surface area (Å²) >= 11 is 0. The molecule has 1 aliphatic rings. The van der Waals surface area contributed by atoms with E-state index < -0.39 is 8.32 Å². The highest BCUT2D eigenvalue weighted by Crippen LogP contribution is 2.36. The van der Waals surface area contributed by atoms with Gasteiger partial charge >= 0.3 is 5.97 Å². The molecule has 0 aromatic rings. The summed E-state index contributed by atoms with van der Waals surface area (Å²) in [6, 6.07) is 0. The number of cyclic esters (lactones) is 1. The molecule has 0 N–H and O–H groups in total. The normalized spacial score (nSPS) is 21.4. The first kappa shape index (κ1) is 17.7. The average molecular weight is 301 g/mol. The Morgan fingerprint density at radius 2 is 1.95 bits per heavy atom. The Kier molecular flexibility index (Phi) is 6.72. The number of unbranched alkanes of at least 4 members (excludes halogenated alkanes) is 1. The molecule has 118 valence electrons. The molecule has 20 heavy (non-hydrogen) atoms. The number of rotatable bonds is 6. The second-order valence-corrected chi connectivity index (χ2v) is 12.3. The summed E-state index contributed by atoms with van der Waals surface area (Å²) in [5.41, 5.74) is 0. The van der Waals surface area contributed by atoms with Crippen LogP contribution in [-0.2, 0) is 14.0 Å². The van der Waals surface area contributed by atoms with E-state index >= 15 is 0 Å². The van der Waals surface area contributed by atoms with E-state index in [4.69, 9.17) is 9.16 Å². The van der Waals surface area contributed by atoms with E-state index in [9.17, 15) is 4.79 Å². The van der Waals surface area contributed by atoms with E-state index in [1.807, 2.05) is 0 Å². The van der Waals surface area contributed by atoms with Crippen molar-refractivity contribution >= 4 is 14.3 Å². The number of esters is 1. The maximum Gasteiger partial charge on any atom is 0.305 e. The number of hydrogen-bond acceptors (Lipinski definition) is 3. The van der Waals surface area contributed by atoms with E-state index in [1.54, 1.807) is 0 Å². The second kappa shape index (κ2) is 7.60. The number of carbonyl (C=O) groups is 1. The fraction of sp³-hybridized carbons (Fsp3) is 0.938. The molecule has 1 atom stereocenters. The molecule has 0 radical (unpaired) electrons. The third kappa shape index (κ3) is 5.96. The van der Waals surface area contributed by atoms with Crippen LogP contribution in [0.2, 0.25) is 18.1 Å². The lowest BCUT2D eigenvalue weighted by Gasteiger charge is -2.36. The lowest BCUT2D eigenvalue weighted by Crippen LogP contribution is -2.40. The zero-order valence-corrected chi connectivity index (χ0v) is 15.0. The largest absolute Gasteiger partial charge is 0.466 e. The Morgan fingerprint density at radius 3 is 2.60 bits per heavy atom. The van der Waals surface area contributed by atoms with Crippen molar-refractivity contribution in [2.24, 2.45) is 5.92 Å². The summed E-state index contributed by atoms with van der Waals surface area (Å²) in [7, 11) is -1.58. The van der Waals surface area contributed by atoms with E-state index in [-0.39, 0.29) is 5.97 Å². The molecular weight excluding hydrogens is 268 g/mol. The maximum atomic E-state index is 11.2. The van der Waals surface area contributed by atoms with Crippen molar-refractivity contribution in [2.45, 2.75) is 77.4 Å². The van der Waals surface area contributed by atoms with Gasteiger partial charge in [-0.15, -0.1) is 0 Å². The summed E-state index contributed by atoms with van der Waals surface area (Å²) in [5, 5.41) is 0.298. The van der Waals surface area contributed by atoms with Crippen LogP contribution >= 0.6 is 0 Å². The number of ether oxygens (including phenoxy) is 1. The molecule has 4 heteroatoms. The minimum Gasteiger partial charge on any atom is -0.466 e. The maximum absolute atomic E-state index is 11.2. The lowest BCUT2D eigenvalue weighted by molar-refractivity contribution is -0.142. The van der Waals surface area contributed by atoms with Crippen LogP contribution in [0.25, 0.3) is 0 Å². The predicted molar refractivity (Wildman–Crippen MR) is 85.3 cm³/mol. The van der Waals surface area contributed by atoms with Gasteiger partial charge in [-0.3, -0.25) is 4.79 Å². The van der Waals surface area contributed by atoms with Gasteiger partial charge in [0.05, 0.1) is 6.61 Å². The molecule has 0 aliphatic carbocycles. The Hall–Kier alpha value is -0.353. The summed E-state index contributed by atoms with van der Waals surface area (Å²) in [6.07, 6.45) is 6.19. The summed E-state index contributed by atoms with van der Waals surface area (Å²) in [6.45, 7) is 13.0. The van der Waals surface area contributed by atoms with E-state index in [0.29, 0.717) is 24.0 Å². The zero-order valence-electron chi connectivity index (χ0n) is 14.0. The molecule has 0 aromatic heterocycles. The van der Waals surface area contributed by atoms with Crippen LogP contribution in [0, 0.1) is 5.92 Å². The average Bonchev–Trinajstić information content (AvgIpc) is 2.52. The molecule has 1 unspecified atom stereocenters. The monoisotopic (exact) mass is 300 g/mol. The summed E-state index contributed by atoms with van der Waals surface area (Å²) in [4.78, 5) is 11.2. The molecule has 1 heterocycles. The van der Waals surface area contributed by atoms with Gasteiger partial charge in [0.1, 0.15) is 0 Å². The Morgan fingerprint density at radius 1 is 1.25 bits per heavy atom. The van der Waals surface area contributed by atoms with E-state index in [2.05, 4.69) is 33.9 Å². The minimum atomic E-state index is -1.58. The van der Waals surface area contributed by atoms with Gasteiger partial charge in [0.2, 0.25) is 0 Å². The Bertz CT molecular complexity index is 307. The molecule has 1 rings (SSSR count). The summed E-state index contributed by atoms with van der Waals surface area (Å²) in [5.74, 6) is 0.642. The highest BCUT2D eigenvalue weighted by atomic mass is 28.4. The molecular formula is C16H32O3Si. The molecule has 3 nitrogen and oxygen atoms in total. The van der Waals surface area contributed by atoms with Gasteiger partial charge < -0.3 is 9.16 Å². The first-order chi connectivity index (χ1) is 9.22. The smallest absolute Gasteiger partial charge is 0.305 e. The SMILES string of the molecule is CC(C)(C)[Si](C)(C)OCCCCC1CCOC(=O)CC1. The van der Waals surface area contributed by atoms with Crippen molar-refractivity contribution < 1.29 is 14.0 Å². The van der Waals surface area contributed by atoms with Crippen LogP contribution in [0.5, 0.6) is 0 Å². The molecule has 0 amide bonds. The molecule has 1 aliphatic heterocycles. The van der Waals surface area contributed by atoms with E-state index in [1.165, 1.54) is 12.8 Å². The van der Waals surface area contributed by atoms with Gasteiger partial charge in [0, 0.05) is 13.0 Å². The minimum absolute atomic E-state index is 0.0197. The third-order valence-corrected chi connectivity index (χ3v) is 9.36. The van der Waals surface area contributed by atoms with Gasteiger partial charge in [0.25, 0.3) is 0 Å². The van der Waals surface area contributed by atoms with Gasteiger partial charge in [0.15, 0.2) is 8.32 Å². The first-order valence-corrected chi connectivity index (χ1v) is 10.9. The van der Waals surface area contributed by atoms with Crippen molar-refractivity contribution in [1.82, 2.24) is 0 Å². The summed E-state index contributed by atoms with van der Waals surface area (Å²) < 4.78 is 11.3. The van der Waals surface area contributed by atoms with Gasteiger partial charge in [-0.1, -0.05) is 33.6 Å². The predicted octanol–water partition coefficient (Wildman–Crippen LogP) is 4.52. The van der Waals surface area contributed by atoms with Crippen LogP contribution in [0.3, 0.4) is 0 Å². The van der Waals surface area contributed by atoms with Gasteiger partial charge in [-0.05, 0) is 43.3 Å². The van der Waals surface area contributed by atoms with Crippen LogP contribution < -0.4 is 0 Å². The lowest BCUT2D eigenvalue weighted by atomic mass is 9.94. The van der Waals surface area contributed by atoms with Gasteiger partial charge in [-0.25, -0.2) is 0 Å². The van der Waals surface area contributed by atoms with Crippen molar-refractivity contribution in [3.63, 3.8) is 0 Å². The van der Waals surface area contributed by atoms with Crippen molar-refractivity contribution in [2.75, 3.05) is 13.2 Å². The standard InChI is InChI=1S/C16H32O3Si/c1-16(2,3)20(4,5)19-12-7-6-8-14-9-10-15(17)18-13-11-14/h14H,6-13H2,1-5H3. The van der Waals surface area contributed by atoms with Crippen molar-refractivity contribution in [1.29, 1.82) is 0 Å². The molecule has 1 fully saturated rings. The Balaban J connectivity index is 2.14. The molecule has 0 spiro atoms. The molecule has 0 bridgehead atoms. The number of carbonyl (C=O) groups excluding carboxylic acids is 1. The van der Waals surface area contributed by atoms with Crippen molar-refractivity contribution in [3.05, 3.63) is 0 Å². The fourth-order valence-electron chi connectivity index (χ4n) is 2.25. The van der Waals surface area contributed by atoms with Crippen LogP contribution in [0.15, 0.2) is 0 Å².